The zero-order valence-electron chi connectivity index (χ0n) is 21.5. The van der Waals surface area contributed by atoms with Gasteiger partial charge >= 0.3 is 11.6 Å². The van der Waals surface area contributed by atoms with Crippen LogP contribution < -0.4 is 11.2 Å². The van der Waals surface area contributed by atoms with Gasteiger partial charge in [-0.1, -0.05) is 95.0 Å². The number of nitrogens with zero attached hydrogens (tertiary/aromatic N) is 1. The standard InChI is InChI=1S/C30H39NO5/c1-2-28(33)35-22-16-11-9-7-5-3-4-6-8-10-15-21-31-27(32)20-19-25-23-26(30(34)36-29(25)31)24-17-13-12-14-18-24/h12-14,17-20,23H,2-11,15-16,21-22H2,1H3. The quantitative estimate of drug-likeness (QED) is 0.161. The summed E-state index contributed by atoms with van der Waals surface area (Å²) in [6.07, 6.45) is 13.0. The number of carbonyl (C=O) groups excluding carboxylic acids is 1. The van der Waals surface area contributed by atoms with Gasteiger partial charge in [0.15, 0.2) is 0 Å². The largest absolute Gasteiger partial charge is 0.466 e. The molecule has 0 aliphatic rings. The Labute approximate surface area is 213 Å². The van der Waals surface area contributed by atoms with Gasteiger partial charge in [-0.3, -0.25) is 14.2 Å². The maximum atomic E-state index is 12.6. The molecular formula is C30H39NO5. The van der Waals surface area contributed by atoms with Crippen LogP contribution in [0.25, 0.3) is 22.2 Å². The Morgan fingerprint density at radius 2 is 1.42 bits per heavy atom. The average Bonchev–Trinajstić information content (AvgIpc) is 2.90. The second-order valence-electron chi connectivity index (χ2n) is 9.36. The summed E-state index contributed by atoms with van der Waals surface area (Å²) in [5.74, 6) is -0.108. The lowest BCUT2D eigenvalue weighted by Crippen LogP contribution is -2.20. The van der Waals surface area contributed by atoms with Crippen LogP contribution >= 0.6 is 0 Å². The molecule has 36 heavy (non-hydrogen) atoms. The maximum absolute atomic E-state index is 12.6. The number of aromatic nitrogens is 1. The zero-order valence-corrected chi connectivity index (χ0v) is 21.5. The first-order valence-electron chi connectivity index (χ1n) is 13.5. The Bertz CT molecular complexity index is 1200. The SMILES string of the molecule is CCC(=O)OCCCCCCCCCCCCCn1c(=O)ccc2cc(-c3ccccc3)c(=O)oc21. The Balaban J connectivity index is 1.34. The molecule has 0 aliphatic carbocycles. The number of rotatable bonds is 16. The van der Waals surface area contributed by atoms with E-state index in [1.54, 1.807) is 16.7 Å². The topological polar surface area (TPSA) is 78.5 Å². The van der Waals surface area contributed by atoms with Crippen molar-refractivity contribution in [3.8, 4) is 11.1 Å². The molecular weight excluding hydrogens is 454 g/mol. The van der Waals surface area contributed by atoms with E-state index in [1.165, 1.54) is 38.5 Å². The summed E-state index contributed by atoms with van der Waals surface area (Å²) in [5.41, 5.74) is 1.11. The Morgan fingerprint density at radius 3 is 2.06 bits per heavy atom. The zero-order chi connectivity index (χ0) is 25.6. The van der Waals surface area contributed by atoms with Crippen LogP contribution in [0.1, 0.15) is 84.0 Å². The summed E-state index contributed by atoms with van der Waals surface area (Å²) in [7, 11) is 0. The normalized spacial score (nSPS) is 11.1. The van der Waals surface area contributed by atoms with Crippen LogP contribution in [0, 0.1) is 0 Å². The third-order valence-electron chi connectivity index (χ3n) is 6.54. The van der Waals surface area contributed by atoms with E-state index in [1.807, 2.05) is 43.3 Å². The predicted molar refractivity (Wildman–Crippen MR) is 144 cm³/mol. The van der Waals surface area contributed by atoms with Crippen molar-refractivity contribution >= 4 is 17.1 Å². The van der Waals surface area contributed by atoms with Crippen LogP contribution in [0.2, 0.25) is 0 Å². The van der Waals surface area contributed by atoms with E-state index < -0.39 is 5.63 Å². The van der Waals surface area contributed by atoms with Crippen LogP contribution in [0.5, 0.6) is 0 Å². The molecule has 2 aromatic heterocycles. The van der Waals surface area contributed by atoms with Gasteiger partial charge < -0.3 is 9.15 Å². The number of carbonyl (C=O) groups is 1. The number of hydrogen-bond donors (Lipinski definition) is 0. The second kappa shape index (κ2) is 15.1. The molecule has 0 spiro atoms. The number of unbranched alkanes of at least 4 members (excludes halogenated alkanes) is 10. The molecule has 0 aliphatic heterocycles. The summed E-state index contributed by atoms with van der Waals surface area (Å²) >= 11 is 0. The van der Waals surface area contributed by atoms with Crippen LogP contribution in [-0.2, 0) is 16.1 Å². The summed E-state index contributed by atoms with van der Waals surface area (Å²) in [6.45, 7) is 2.92. The van der Waals surface area contributed by atoms with Crippen LogP contribution in [0.3, 0.4) is 0 Å². The fourth-order valence-electron chi connectivity index (χ4n) is 4.44. The number of benzene rings is 1. The third-order valence-corrected chi connectivity index (χ3v) is 6.54. The first-order chi connectivity index (χ1) is 17.6. The molecule has 0 bridgehead atoms. The fourth-order valence-corrected chi connectivity index (χ4v) is 4.44. The van der Waals surface area contributed by atoms with Crippen molar-refractivity contribution < 1.29 is 13.9 Å². The van der Waals surface area contributed by atoms with Gasteiger partial charge in [0.2, 0.25) is 5.71 Å². The molecule has 6 heteroatoms. The molecule has 3 rings (SSSR count). The van der Waals surface area contributed by atoms with Crippen LogP contribution in [0.4, 0.5) is 0 Å². The second-order valence-corrected chi connectivity index (χ2v) is 9.36. The van der Waals surface area contributed by atoms with Gasteiger partial charge in [0.05, 0.1) is 12.2 Å². The van der Waals surface area contributed by atoms with Crippen molar-refractivity contribution in [2.45, 2.75) is 90.5 Å². The van der Waals surface area contributed by atoms with Gasteiger partial charge in [0.25, 0.3) is 5.56 Å². The highest BCUT2D eigenvalue weighted by atomic mass is 16.5. The molecule has 0 fully saturated rings. The molecule has 6 nitrogen and oxygen atoms in total. The van der Waals surface area contributed by atoms with Gasteiger partial charge in [-0.05, 0) is 30.5 Å². The molecule has 0 amide bonds. The van der Waals surface area contributed by atoms with Gasteiger partial charge in [-0.15, -0.1) is 0 Å². The minimum atomic E-state index is -0.423. The molecule has 3 aromatic rings. The fraction of sp³-hybridized carbons (Fsp3) is 0.500. The smallest absolute Gasteiger partial charge is 0.345 e. The minimum absolute atomic E-state index is 0.108. The number of ether oxygens (including phenoxy) is 1. The van der Waals surface area contributed by atoms with Gasteiger partial charge in [0.1, 0.15) is 0 Å². The molecule has 1 aromatic carbocycles. The molecule has 0 N–H and O–H groups in total. The summed E-state index contributed by atoms with van der Waals surface area (Å²) in [4.78, 5) is 36.2. The van der Waals surface area contributed by atoms with Crippen molar-refractivity contribution in [2.75, 3.05) is 6.61 Å². The summed E-state index contributed by atoms with van der Waals surface area (Å²) < 4.78 is 12.3. The minimum Gasteiger partial charge on any atom is -0.466 e. The molecule has 2 heterocycles. The van der Waals surface area contributed by atoms with Crippen molar-refractivity contribution in [2.24, 2.45) is 0 Å². The number of esters is 1. The molecule has 0 saturated carbocycles. The monoisotopic (exact) mass is 493 g/mol. The number of hydrogen-bond acceptors (Lipinski definition) is 5. The van der Waals surface area contributed by atoms with Crippen molar-refractivity contribution in [1.29, 1.82) is 0 Å². The first kappa shape index (κ1) is 27.4. The van der Waals surface area contributed by atoms with Gasteiger partial charge in [0, 0.05) is 24.4 Å². The van der Waals surface area contributed by atoms with E-state index in [2.05, 4.69) is 0 Å². The number of fused-ring (bicyclic) bond motifs is 1. The molecule has 194 valence electrons. The highest BCUT2D eigenvalue weighted by molar-refractivity contribution is 5.79. The number of pyridine rings is 1. The Hall–Kier alpha value is -3.15. The number of aryl methyl sites for hydroxylation is 1. The highest BCUT2D eigenvalue weighted by Gasteiger charge is 2.11. The van der Waals surface area contributed by atoms with Crippen LogP contribution in [0.15, 0.2) is 62.5 Å². The van der Waals surface area contributed by atoms with E-state index in [9.17, 15) is 14.4 Å². The highest BCUT2D eigenvalue weighted by Crippen LogP contribution is 2.20. The Kier molecular flexibility index (Phi) is 11.5. The van der Waals surface area contributed by atoms with Crippen molar-refractivity contribution in [3.63, 3.8) is 0 Å². The van der Waals surface area contributed by atoms with E-state index in [0.29, 0.717) is 30.8 Å². The Morgan fingerprint density at radius 1 is 0.806 bits per heavy atom. The van der Waals surface area contributed by atoms with E-state index in [-0.39, 0.29) is 11.5 Å². The predicted octanol–water partition coefficient (Wildman–Crippen LogP) is 6.87. The van der Waals surface area contributed by atoms with Crippen LogP contribution in [-0.4, -0.2) is 17.1 Å². The summed E-state index contributed by atoms with van der Waals surface area (Å²) in [5, 5.41) is 0.759. The molecule has 0 radical (unpaired) electrons. The third kappa shape index (κ3) is 8.51. The van der Waals surface area contributed by atoms with E-state index in [4.69, 9.17) is 9.15 Å². The first-order valence-corrected chi connectivity index (χ1v) is 13.5. The van der Waals surface area contributed by atoms with E-state index in [0.717, 1.165) is 43.1 Å². The summed E-state index contributed by atoms with van der Waals surface area (Å²) in [6, 6.07) is 14.5. The molecule has 0 unspecified atom stereocenters. The molecule has 0 atom stereocenters. The maximum Gasteiger partial charge on any atom is 0.345 e. The molecule has 0 saturated heterocycles. The lowest BCUT2D eigenvalue weighted by molar-refractivity contribution is -0.143. The lowest BCUT2D eigenvalue weighted by Gasteiger charge is -2.10. The van der Waals surface area contributed by atoms with Crippen molar-refractivity contribution in [3.05, 3.63) is 69.3 Å². The van der Waals surface area contributed by atoms with Gasteiger partial charge in [-0.25, -0.2) is 4.79 Å². The average molecular weight is 494 g/mol. The van der Waals surface area contributed by atoms with Crippen molar-refractivity contribution in [1.82, 2.24) is 4.57 Å². The van der Waals surface area contributed by atoms with E-state index >= 15 is 0 Å². The van der Waals surface area contributed by atoms with Gasteiger partial charge in [-0.2, -0.15) is 0 Å². The lowest BCUT2D eigenvalue weighted by atomic mass is 10.1.